The number of carboxylic acid groups (broad SMARTS) is 1. The molecule has 1 saturated carbocycles. The van der Waals surface area contributed by atoms with Crippen LogP contribution in [0.2, 0.25) is 0 Å². The van der Waals surface area contributed by atoms with E-state index in [-0.39, 0.29) is 5.92 Å². The molecule has 112 valence electrons. The lowest BCUT2D eigenvalue weighted by atomic mass is 9.76. The largest absolute Gasteiger partial charge is 0.478 e. The number of carbonyl (C=O) groups is 2. The van der Waals surface area contributed by atoms with Crippen LogP contribution in [0.5, 0.6) is 0 Å². The van der Waals surface area contributed by atoms with Gasteiger partial charge in [-0.1, -0.05) is 19.8 Å². The molecule has 0 aromatic rings. The van der Waals surface area contributed by atoms with Gasteiger partial charge in [0.15, 0.2) is 5.60 Å². The minimum absolute atomic E-state index is 0.186. The van der Waals surface area contributed by atoms with Crippen LogP contribution in [0.4, 0.5) is 0 Å². The van der Waals surface area contributed by atoms with Crippen molar-refractivity contribution in [3.63, 3.8) is 0 Å². The number of carbonyl (C=O) groups excluding carboxylic acids is 1. The highest BCUT2D eigenvalue weighted by Gasteiger charge is 2.63. The van der Waals surface area contributed by atoms with E-state index in [9.17, 15) is 14.9 Å². The summed E-state index contributed by atoms with van der Waals surface area (Å²) in [6.45, 7) is 6.52. The van der Waals surface area contributed by atoms with Crippen LogP contribution >= 0.6 is 0 Å². The number of allylic oxidation sites excluding steroid dienone is 1. The van der Waals surface area contributed by atoms with E-state index in [2.05, 4.69) is 17.9 Å². The van der Waals surface area contributed by atoms with Crippen LogP contribution in [0.25, 0.3) is 0 Å². The molecule has 0 bridgehead atoms. The van der Waals surface area contributed by atoms with Crippen LogP contribution in [-0.4, -0.2) is 22.6 Å². The average Bonchev–Trinajstić information content (AvgIpc) is 3.14. The molecular formula is C16H19NO4. The van der Waals surface area contributed by atoms with Crippen molar-refractivity contribution in [2.45, 2.75) is 46.1 Å². The first-order chi connectivity index (χ1) is 9.69. The molecular weight excluding hydrogens is 270 g/mol. The van der Waals surface area contributed by atoms with Crippen molar-refractivity contribution in [2.75, 3.05) is 0 Å². The van der Waals surface area contributed by atoms with Gasteiger partial charge in [-0.05, 0) is 25.7 Å². The van der Waals surface area contributed by atoms with Gasteiger partial charge in [0.1, 0.15) is 5.41 Å². The van der Waals surface area contributed by atoms with E-state index in [1.54, 1.807) is 6.92 Å². The summed E-state index contributed by atoms with van der Waals surface area (Å²) in [4.78, 5) is 22.1. The summed E-state index contributed by atoms with van der Waals surface area (Å²) in [6.07, 6.45) is 2.22. The summed E-state index contributed by atoms with van der Waals surface area (Å²) in [5.74, 6) is 3.82. The van der Waals surface area contributed by atoms with Crippen molar-refractivity contribution in [2.24, 2.45) is 11.3 Å². The predicted octanol–water partition coefficient (Wildman–Crippen LogP) is 2.28. The second-order valence-corrected chi connectivity index (χ2v) is 5.59. The van der Waals surface area contributed by atoms with Crippen LogP contribution in [0, 0.1) is 34.5 Å². The normalized spacial score (nSPS) is 18.8. The Morgan fingerprint density at radius 3 is 2.29 bits per heavy atom. The Balaban J connectivity index is 3.33. The summed E-state index contributed by atoms with van der Waals surface area (Å²) in [5.41, 5.74) is -1.67. The lowest BCUT2D eigenvalue weighted by molar-refractivity contribution is -0.160. The molecule has 0 aliphatic heterocycles. The van der Waals surface area contributed by atoms with Gasteiger partial charge in [0.25, 0.3) is 0 Å². The maximum atomic E-state index is 11.5. The number of hydrogen-bond acceptors (Lipinski definition) is 4. The monoisotopic (exact) mass is 289 g/mol. The van der Waals surface area contributed by atoms with E-state index in [1.807, 2.05) is 13.8 Å². The Kier molecular flexibility index (Phi) is 4.80. The number of carboxylic acids is 1. The Morgan fingerprint density at radius 2 is 1.95 bits per heavy atom. The average molecular weight is 289 g/mol. The summed E-state index contributed by atoms with van der Waals surface area (Å²) >= 11 is 0. The molecule has 5 heteroatoms. The minimum atomic E-state index is -1.21. The van der Waals surface area contributed by atoms with Gasteiger partial charge in [-0.15, -0.1) is 0 Å². The van der Waals surface area contributed by atoms with E-state index < -0.39 is 23.0 Å². The Morgan fingerprint density at radius 1 is 1.38 bits per heavy atom. The molecule has 1 N–H and O–H groups in total. The molecule has 0 spiro atoms. The summed E-state index contributed by atoms with van der Waals surface area (Å²) < 4.78 is 5.46. The topological polar surface area (TPSA) is 87.4 Å². The minimum Gasteiger partial charge on any atom is -0.478 e. The van der Waals surface area contributed by atoms with E-state index in [0.29, 0.717) is 18.4 Å². The van der Waals surface area contributed by atoms with E-state index in [4.69, 9.17) is 9.84 Å². The van der Waals surface area contributed by atoms with Crippen molar-refractivity contribution in [1.82, 2.24) is 0 Å². The number of rotatable bonds is 4. The molecule has 0 amide bonds. The SMILES string of the molecule is CC(=O)O[C@@](C#C/C(C)=C\C(=O)O)(C(C)C)C1(C#N)CC1. The lowest BCUT2D eigenvalue weighted by Crippen LogP contribution is -2.47. The number of esters is 1. The smallest absolute Gasteiger partial charge is 0.329 e. The summed E-state index contributed by atoms with van der Waals surface area (Å²) in [5, 5.41) is 18.2. The van der Waals surface area contributed by atoms with Crippen molar-refractivity contribution in [1.29, 1.82) is 5.26 Å². The first-order valence-corrected chi connectivity index (χ1v) is 6.74. The third kappa shape index (κ3) is 3.44. The standard InChI is InChI=1S/C16H19NO4/c1-11(2)16(21-13(4)18,15(10-17)7-8-15)6-5-12(3)9-14(19)20/h9,11H,7-8H2,1-4H3,(H,19,20)/b12-9-/t16-/m0/s1. The Bertz CT molecular complexity index is 582. The van der Waals surface area contributed by atoms with Gasteiger partial charge in [0.2, 0.25) is 0 Å². The van der Waals surface area contributed by atoms with Gasteiger partial charge < -0.3 is 9.84 Å². The van der Waals surface area contributed by atoms with Crippen molar-refractivity contribution >= 4 is 11.9 Å². The molecule has 1 aliphatic carbocycles. The van der Waals surface area contributed by atoms with Crippen LogP contribution in [0.1, 0.15) is 40.5 Å². The highest BCUT2D eigenvalue weighted by molar-refractivity contribution is 5.81. The summed E-state index contributed by atoms with van der Waals surface area (Å²) in [6, 6.07) is 2.23. The van der Waals surface area contributed by atoms with E-state index in [1.165, 1.54) is 6.92 Å². The van der Waals surface area contributed by atoms with Crippen molar-refractivity contribution in [3.05, 3.63) is 11.6 Å². The number of aliphatic carboxylic acids is 1. The molecule has 5 nitrogen and oxygen atoms in total. The van der Waals surface area contributed by atoms with Gasteiger partial charge in [-0.2, -0.15) is 5.26 Å². The first-order valence-electron chi connectivity index (χ1n) is 6.74. The molecule has 1 rings (SSSR count). The lowest BCUT2D eigenvalue weighted by Gasteiger charge is -2.36. The highest BCUT2D eigenvalue weighted by Crippen LogP contribution is 2.57. The van der Waals surface area contributed by atoms with Crippen LogP contribution in [-0.2, 0) is 14.3 Å². The molecule has 0 aromatic heterocycles. The Hall–Kier alpha value is -2.27. The third-order valence-electron chi connectivity index (χ3n) is 3.58. The molecule has 0 aromatic carbocycles. The maximum Gasteiger partial charge on any atom is 0.329 e. The van der Waals surface area contributed by atoms with E-state index >= 15 is 0 Å². The zero-order valence-corrected chi connectivity index (χ0v) is 12.7. The number of nitrogens with zero attached hydrogens (tertiary/aromatic N) is 1. The summed E-state index contributed by atoms with van der Waals surface area (Å²) in [7, 11) is 0. The molecule has 1 aliphatic rings. The molecule has 0 heterocycles. The quantitative estimate of drug-likeness (QED) is 0.487. The van der Waals surface area contributed by atoms with Crippen LogP contribution in [0.3, 0.4) is 0 Å². The van der Waals surface area contributed by atoms with Crippen LogP contribution in [0.15, 0.2) is 11.6 Å². The number of ether oxygens (including phenoxy) is 1. The second kappa shape index (κ2) is 6.01. The van der Waals surface area contributed by atoms with E-state index in [0.717, 1.165) is 6.08 Å². The zero-order valence-electron chi connectivity index (χ0n) is 12.7. The molecule has 0 unspecified atom stereocenters. The second-order valence-electron chi connectivity index (χ2n) is 5.59. The Labute approximate surface area is 124 Å². The fourth-order valence-corrected chi connectivity index (χ4v) is 2.39. The van der Waals surface area contributed by atoms with Gasteiger partial charge in [-0.25, -0.2) is 4.79 Å². The van der Waals surface area contributed by atoms with Gasteiger partial charge in [0, 0.05) is 24.5 Å². The molecule has 21 heavy (non-hydrogen) atoms. The maximum absolute atomic E-state index is 11.5. The number of nitriles is 1. The highest BCUT2D eigenvalue weighted by atomic mass is 16.6. The van der Waals surface area contributed by atoms with Gasteiger partial charge >= 0.3 is 11.9 Å². The molecule has 1 fully saturated rings. The molecule has 1 atom stereocenters. The molecule has 0 saturated heterocycles. The van der Waals surface area contributed by atoms with Crippen molar-refractivity contribution in [3.8, 4) is 17.9 Å². The zero-order chi connectivity index (χ0) is 16.3. The fourth-order valence-electron chi connectivity index (χ4n) is 2.39. The fraction of sp³-hybridized carbons (Fsp3) is 0.562. The number of hydrogen-bond donors (Lipinski definition) is 1. The first kappa shape index (κ1) is 16.8. The van der Waals surface area contributed by atoms with Crippen LogP contribution < -0.4 is 0 Å². The van der Waals surface area contributed by atoms with Gasteiger partial charge in [-0.3, -0.25) is 4.79 Å². The molecule has 0 radical (unpaired) electrons. The third-order valence-corrected chi connectivity index (χ3v) is 3.58. The van der Waals surface area contributed by atoms with Gasteiger partial charge in [0.05, 0.1) is 6.07 Å². The van der Waals surface area contributed by atoms with Crippen molar-refractivity contribution < 1.29 is 19.4 Å². The predicted molar refractivity (Wildman–Crippen MR) is 75.8 cm³/mol.